The van der Waals surface area contributed by atoms with Crippen LogP contribution in [0.5, 0.6) is 0 Å². The number of hydrogen-bond donors (Lipinski definition) is 3. The van der Waals surface area contributed by atoms with Crippen LogP contribution in [0, 0.1) is 6.92 Å². The molecule has 1 aliphatic heterocycles. The van der Waals surface area contributed by atoms with Crippen molar-refractivity contribution in [2.45, 2.75) is 52.5 Å². The quantitative estimate of drug-likeness (QED) is 0.147. The number of piperazine rings is 1. The maximum atomic E-state index is 9.87. The summed E-state index contributed by atoms with van der Waals surface area (Å²) in [6.45, 7) is 9.92. The summed E-state index contributed by atoms with van der Waals surface area (Å²) in [5.74, 6) is -0.682. The van der Waals surface area contributed by atoms with Gasteiger partial charge in [0.2, 0.25) is 0 Å². The lowest BCUT2D eigenvalue weighted by molar-refractivity contribution is -0.137. The smallest absolute Gasteiger partial charge is 0.303 e. The van der Waals surface area contributed by atoms with E-state index < -0.39 is 5.97 Å². The molecular weight excluding hydrogens is 565 g/mol. The summed E-state index contributed by atoms with van der Waals surface area (Å²) in [6, 6.07) is 14.6. The highest BCUT2D eigenvalue weighted by Gasteiger charge is 2.17. The molecular formula is C32H42N6O2S2. The number of para-hydroxylation sites is 2. The van der Waals surface area contributed by atoms with Crippen LogP contribution in [0.2, 0.25) is 0 Å². The summed E-state index contributed by atoms with van der Waals surface area (Å²) in [4.78, 5) is 25.1. The van der Waals surface area contributed by atoms with Gasteiger partial charge in [0, 0.05) is 54.4 Å². The largest absolute Gasteiger partial charge is 0.481 e. The Morgan fingerprint density at radius 3 is 2.60 bits per heavy atom. The van der Waals surface area contributed by atoms with Crippen molar-refractivity contribution in [1.82, 2.24) is 25.1 Å². The molecule has 224 valence electrons. The minimum Gasteiger partial charge on any atom is -0.481 e. The minimum atomic E-state index is -0.682. The number of thiophene rings is 1. The van der Waals surface area contributed by atoms with Gasteiger partial charge in [0.1, 0.15) is 0 Å². The van der Waals surface area contributed by atoms with Crippen molar-refractivity contribution >= 4 is 61.4 Å². The average molecular weight is 607 g/mol. The van der Waals surface area contributed by atoms with Gasteiger partial charge in [-0.05, 0) is 86.9 Å². The van der Waals surface area contributed by atoms with Crippen LogP contribution in [-0.2, 0) is 17.8 Å². The minimum absolute atomic E-state index is 0.327. The third-order valence-electron chi connectivity index (χ3n) is 7.39. The molecule has 1 fully saturated rings. The number of aryl methyl sites for hydroxylation is 1. The Morgan fingerprint density at radius 2 is 1.86 bits per heavy atom. The van der Waals surface area contributed by atoms with Crippen LogP contribution >= 0.6 is 23.6 Å². The Bertz CT molecular complexity index is 1480. The lowest BCUT2D eigenvalue weighted by Gasteiger charge is -2.34. The van der Waals surface area contributed by atoms with E-state index in [0.717, 1.165) is 85.9 Å². The molecule has 0 radical (unpaired) electrons. The van der Waals surface area contributed by atoms with Gasteiger partial charge in [0.25, 0.3) is 0 Å². The number of likely N-dealkylation sites (N-methyl/N-ethyl adjacent to an activating group) is 1. The highest BCUT2D eigenvalue weighted by atomic mass is 32.1. The van der Waals surface area contributed by atoms with E-state index in [2.05, 4.69) is 64.5 Å². The molecule has 2 aromatic heterocycles. The number of carbonyl (C=O) groups is 1. The molecule has 42 heavy (non-hydrogen) atoms. The summed E-state index contributed by atoms with van der Waals surface area (Å²) in [6.07, 6.45) is 6.11. The predicted octanol–water partition coefficient (Wildman–Crippen LogP) is 6.08. The normalized spacial score (nSPS) is 13.6. The van der Waals surface area contributed by atoms with Gasteiger partial charge in [-0.3, -0.25) is 9.78 Å². The third kappa shape index (κ3) is 9.16. The second kappa shape index (κ2) is 15.9. The number of nitrogens with one attached hydrogen (secondary N) is 2. The molecule has 0 unspecified atom stereocenters. The number of benzene rings is 2. The van der Waals surface area contributed by atoms with Crippen LogP contribution in [0.1, 0.15) is 48.7 Å². The van der Waals surface area contributed by atoms with Crippen molar-refractivity contribution in [3.05, 3.63) is 64.8 Å². The van der Waals surface area contributed by atoms with E-state index in [4.69, 9.17) is 22.3 Å². The van der Waals surface area contributed by atoms with Gasteiger partial charge >= 0.3 is 5.97 Å². The van der Waals surface area contributed by atoms with Gasteiger partial charge < -0.3 is 25.5 Å². The number of unbranched alkanes of at least 4 members (excludes halogenated alkanes) is 2. The van der Waals surface area contributed by atoms with Crippen LogP contribution in [0.25, 0.3) is 21.1 Å². The van der Waals surface area contributed by atoms with Gasteiger partial charge in [0.05, 0.1) is 22.9 Å². The Morgan fingerprint density at radius 1 is 1.10 bits per heavy atom. The number of aromatic nitrogens is 2. The zero-order valence-corrected chi connectivity index (χ0v) is 26.5. The molecule has 1 aliphatic rings. The molecule has 0 aliphatic carbocycles. The fourth-order valence-electron chi connectivity index (χ4n) is 4.91. The molecule has 0 amide bonds. The van der Waals surface area contributed by atoms with Crippen LogP contribution in [-0.4, -0.2) is 75.7 Å². The fourth-order valence-corrected chi connectivity index (χ4v) is 6.30. The van der Waals surface area contributed by atoms with Gasteiger partial charge in [0.15, 0.2) is 5.11 Å². The molecule has 0 atom stereocenters. The van der Waals surface area contributed by atoms with E-state index >= 15 is 0 Å². The number of carboxylic acid groups (broad SMARTS) is 1. The number of anilines is 1. The lowest BCUT2D eigenvalue weighted by Crippen LogP contribution is -2.48. The number of hydrogen-bond acceptors (Lipinski definition) is 7. The molecule has 1 saturated heterocycles. The summed E-state index contributed by atoms with van der Waals surface area (Å²) in [7, 11) is 2.16. The van der Waals surface area contributed by atoms with E-state index in [1.807, 2.05) is 41.8 Å². The molecule has 3 N–H and O–H groups in total. The molecule has 0 spiro atoms. The fraction of sp³-hybridized carbons (Fsp3) is 0.438. The molecule has 10 heteroatoms. The van der Waals surface area contributed by atoms with Gasteiger partial charge in [-0.1, -0.05) is 31.9 Å². The SMILES string of the molecule is CCCCCC(=O)O.Cc1sc2ccc(NC(=S)N3CCN(C)CC3)cc2c1CCNCc1cnc2ccccc2n1. The van der Waals surface area contributed by atoms with Crippen LogP contribution in [0.4, 0.5) is 5.69 Å². The summed E-state index contributed by atoms with van der Waals surface area (Å²) >= 11 is 7.56. The van der Waals surface area contributed by atoms with Crippen LogP contribution in [0.3, 0.4) is 0 Å². The average Bonchev–Trinajstić information content (AvgIpc) is 3.30. The molecule has 0 bridgehead atoms. The van der Waals surface area contributed by atoms with Gasteiger partial charge in [-0.2, -0.15) is 0 Å². The highest BCUT2D eigenvalue weighted by molar-refractivity contribution is 7.80. The summed E-state index contributed by atoms with van der Waals surface area (Å²) in [5.41, 5.74) is 5.31. The van der Waals surface area contributed by atoms with E-state index in [-0.39, 0.29) is 0 Å². The molecule has 3 heterocycles. The zero-order chi connectivity index (χ0) is 29.9. The number of rotatable bonds is 10. The predicted molar refractivity (Wildman–Crippen MR) is 179 cm³/mol. The van der Waals surface area contributed by atoms with Crippen molar-refractivity contribution in [3.8, 4) is 0 Å². The highest BCUT2D eigenvalue weighted by Crippen LogP contribution is 2.33. The number of nitrogens with zero attached hydrogens (tertiary/aromatic N) is 4. The van der Waals surface area contributed by atoms with Crippen molar-refractivity contribution in [3.63, 3.8) is 0 Å². The first-order valence-electron chi connectivity index (χ1n) is 14.7. The van der Waals surface area contributed by atoms with E-state index in [1.54, 1.807) is 0 Å². The maximum Gasteiger partial charge on any atom is 0.303 e. The molecule has 2 aromatic carbocycles. The second-order valence-electron chi connectivity index (χ2n) is 10.7. The number of fused-ring (bicyclic) bond motifs is 2. The van der Waals surface area contributed by atoms with Gasteiger partial charge in [-0.25, -0.2) is 4.98 Å². The van der Waals surface area contributed by atoms with Crippen LogP contribution < -0.4 is 10.6 Å². The molecule has 0 saturated carbocycles. The molecule has 8 nitrogen and oxygen atoms in total. The van der Waals surface area contributed by atoms with Crippen molar-refractivity contribution in [2.75, 3.05) is 45.1 Å². The Hall–Kier alpha value is -3.18. The monoisotopic (exact) mass is 606 g/mol. The van der Waals surface area contributed by atoms with Crippen molar-refractivity contribution < 1.29 is 9.90 Å². The Labute approximate surface area is 258 Å². The first kappa shape index (κ1) is 31.7. The van der Waals surface area contributed by atoms with Crippen molar-refractivity contribution in [2.24, 2.45) is 0 Å². The molecule has 5 rings (SSSR count). The van der Waals surface area contributed by atoms with E-state index in [9.17, 15) is 4.79 Å². The maximum absolute atomic E-state index is 9.87. The Balaban J connectivity index is 0.000000446. The van der Waals surface area contributed by atoms with Crippen molar-refractivity contribution in [1.29, 1.82) is 0 Å². The van der Waals surface area contributed by atoms with E-state index in [1.165, 1.54) is 20.5 Å². The topological polar surface area (TPSA) is 93.6 Å². The number of thiocarbonyl (C=S) groups is 1. The lowest BCUT2D eigenvalue weighted by atomic mass is 10.1. The van der Waals surface area contributed by atoms with E-state index in [0.29, 0.717) is 13.0 Å². The zero-order valence-electron chi connectivity index (χ0n) is 24.9. The summed E-state index contributed by atoms with van der Waals surface area (Å²) in [5, 5.41) is 17.3. The number of aliphatic carboxylic acids is 1. The summed E-state index contributed by atoms with van der Waals surface area (Å²) < 4.78 is 1.32. The molecule has 4 aromatic rings. The Kier molecular flexibility index (Phi) is 12.0. The first-order valence-corrected chi connectivity index (χ1v) is 16.0. The first-order chi connectivity index (χ1) is 20.3. The van der Waals surface area contributed by atoms with Gasteiger partial charge in [-0.15, -0.1) is 11.3 Å². The van der Waals surface area contributed by atoms with Crippen LogP contribution in [0.15, 0.2) is 48.7 Å². The number of carboxylic acids is 1. The third-order valence-corrected chi connectivity index (χ3v) is 8.87. The second-order valence-corrected chi connectivity index (χ2v) is 12.3. The standard InChI is InChI=1S/C26H30N6S2.C6H12O2/c1-18-21(9-10-27-16-20-17-28-23-5-3-4-6-24(23)29-20)22-15-19(7-8-25(22)34-18)30-26(33)32-13-11-31(2)12-14-32;1-2-3-4-5-6(7)8/h3-8,15,17,27H,9-14,16H2,1-2H3,(H,30,33);2-5H2,1H3,(H,7,8).